The van der Waals surface area contributed by atoms with Gasteiger partial charge in [-0.3, -0.25) is 0 Å². The van der Waals surface area contributed by atoms with Gasteiger partial charge in [0.1, 0.15) is 11.1 Å². The van der Waals surface area contributed by atoms with Crippen molar-refractivity contribution in [1.82, 2.24) is 4.98 Å². The first-order valence-electron chi connectivity index (χ1n) is 6.61. The van der Waals surface area contributed by atoms with E-state index in [2.05, 4.69) is 11.9 Å². The summed E-state index contributed by atoms with van der Waals surface area (Å²) in [5.74, 6) is 1.48. The highest BCUT2D eigenvalue weighted by atomic mass is 32.1. The average molecular weight is 264 g/mol. The van der Waals surface area contributed by atoms with Gasteiger partial charge in [0.15, 0.2) is 0 Å². The molecule has 0 bridgehead atoms. The van der Waals surface area contributed by atoms with E-state index in [9.17, 15) is 0 Å². The van der Waals surface area contributed by atoms with Crippen LogP contribution >= 0.6 is 12.2 Å². The standard InChI is InChI=1S/C14H20N2OS/c1-2-10-4-3-5-12(8-10)17-13-7-6-11(9-16-13)14(15)18/h6-7,9-10,12H,2-5,8H2,1H3,(H2,15,18). The molecule has 4 heteroatoms. The fourth-order valence-corrected chi connectivity index (χ4v) is 2.61. The lowest BCUT2D eigenvalue weighted by Gasteiger charge is -2.28. The van der Waals surface area contributed by atoms with Crippen LogP contribution in [-0.4, -0.2) is 16.1 Å². The molecule has 0 radical (unpaired) electrons. The van der Waals surface area contributed by atoms with Crippen LogP contribution in [0.15, 0.2) is 18.3 Å². The molecule has 2 unspecified atom stereocenters. The molecule has 1 heterocycles. The number of aromatic nitrogens is 1. The number of hydrogen-bond donors (Lipinski definition) is 1. The van der Waals surface area contributed by atoms with Gasteiger partial charge in [0, 0.05) is 17.8 Å². The number of pyridine rings is 1. The van der Waals surface area contributed by atoms with E-state index in [1.807, 2.05) is 12.1 Å². The highest BCUT2D eigenvalue weighted by Gasteiger charge is 2.22. The van der Waals surface area contributed by atoms with E-state index >= 15 is 0 Å². The van der Waals surface area contributed by atoms with Crippen LogP contribution in [0.5, 0.6) is 5.88 Å². The molecular weight excluding hydrogens is 244 g/mol. The normalized spacial score (nSPS) is 23.6. The molecule has 1 saturated carbocycles. The monoisotopic (exact) mass is 264 g/mol. The van der Waals surface area contributed by atoms with E-state index in [4.69, 9.17) is 22.7 Å². The van der Waals surface area contributed by atoms with Crippen molar-refractivity contribution < 1.29 is 4.74 Å². The van der Waals surface area contributed by atoms with Crippen molar-refractivity contribution in [3.05, 3.63) is 23.9 Å². The summed E-state index contributed by atoms with van der Waals surface area (Å²) in [4.78, 5) is 4.63. The van der Waals surface area contributed by atoms with Gasteiger partial charge in [-0.2, -0.15) is 0 Å². The lowest BCUT2D eigenvalue weighted by Crippen LogP contribution is -2.25. The summed E-state index contributed by atoms with van der Waals surface area (Å²) < 4.78 is 5.93. The Labute approximate surface area is 114 Å². The molecule has 1 fully saturated rings. The van der Waals surface area contributed by atoms with Crippen LogP contribution in [0.1, 0.15) is 44.6 Å². The highest BCUT2D eigenvalue weighted by Crippen LogP contribution is 2.29. The predicted octanol–water partition coefficient (Wildman–Crippen LogP) is 3.06. The first-order valence-corrected chi connectivity index (χ1v) is 7.02. The minimum atomic E-state index is 0.312. The fourth-order valence-electron chi connectivity index (χ4n) is 2.49. The van der Waals surface area contributed by atoms with Crippen LogP contribution < -0.4 is 10.5 Å². The molecule has 0 spiro atoms. The van der Waals surface area contributed by atoms with E-state index in [0.29, 0.717) is 17.0 Å². The minimum absolute atomic E-state index is 0.312. The third kappa shape index (κ3) is 3.42. The number of hydrogen-bond acceptors (Lipinski definition) is 3. The van der Waals surface area contributed by atoms with Crippen molar-refractivity contribution in [1.29, 1.82) is 0 Å². The van der Waals surface area contributed by atoms with E-state index < -0.39 is 0 Å². The Morgan fingerprint density at radius 2 is 2.33 bits per heavy atom. The zero-order chi connectivity index (χ0) is 13.0. The number of ether oxygens (including phenoxy) is 1. The molecule has 0 aliphatic heterocycles. The fraction of sp³-hybridized carbons (Fsp3) is 0.571. The molecule has 0 saturated heterocycles. The van der Waals surface area contributed by atoms with Gasteiger partial charge in [0.05, 0.1) is 0 Å². The van der Waals surface area contributed by atoms with Gasteiger partial charge in [-0.15, -0.1) is 0 Å². The Bertz CT molecular complexity index is 405. The van der Waals surface area contributed by atoms with Gasteiger partial charge < -0.3 is 10.5 Å². The highest BCUT2D eigenvalue weighted by molar-refractivity contribution is 7.80. The van der Waals surface area contributed by atoms with E-state index in [1.54, 1.807) is 6.20 Å². The van der Waals surface area contributed by atoms with Crippen LogP contribution in [0.3, 0.4) is 0 Å². The second-order valence-corrected chi connectivity index (χ2v) is 5.37. The third-order valence-electron chi connectivity index (χ3n) is 3.62. The summed E-state index contributed by atoms with van der Waals surface area (Å²) in [6, 6.07) is 3.72. The minimum Gasteiger partial charge on any atom is -0.474 e. The van der Waals surface area contributed by atoms with Gasteiger partial charge in [0.2, 0.25) is 5.88 Å². The first kappa shape index (κ1) is 13.3. The molecule has 3 nitrogen and oxygen atoms in total. The molecule has 1 aromatic rings. The molecule has 0 aromatic carbocycles. The number of nitrogens with zero attached hydrogens (tertiary/aromatic N) is 1. The molecule has 1 aliphatic carbocycles. The number of thiocarbonyl (C=S) groups is 1. The molecule has 2 rings (SSSR count). The number of nitrogens with two attached hydrogens (primary N) is 1. The van der Waals surface area contributed by atoms with E-state index in [1.165, 1.54) is 19.3 Å². The van der Waals surface area contributed by atoms with Gasteiger partial charge in [0.25, 0.3) is 0 Å². The van der Waals surface area contributed by atoms with Crippen molar-refractivity contribution >= 4 is 17.2 Å². The topological polar surface area (TPSA) is 48.1 Å². The lowest BCUT2D eigenvalue weighted by atomic mass is 9.85. The van der Waals surface area contributed by atoms with Crippen LogP contribution in [0.25, 0.3) is 0 Å². The summed E-state index contributed by atoms with van der Waals surface area (Å²) in [5, 5.41) is 0. The van der Waals surface area contributed by atoms with Crippen molar-refractivity contribution in [3.63, 3.8) is 0 Å². The quantitative estimate of drug-likeness (QED) is 0.849. The van der Waals surface area contributed by atoms with Crippen LogP contribution in [-0.2, 0) is 0 Å². The third-order valence-corrected chi connectivity index (χ3v) is 3.86. The zero-order valence-corrected chi connectivity index (χ0v) is 11.6. The number of rotatable bonds is 4. The smallest absolute Gasteiger partial charge is 0.213 e. The molecular formula is C14H20N2OS. The summed E-state index contributed by atoms with van der Waals surface area (Å²) >= 11 is 4.89. The van der Waals surface area contributed by atoms with Gasteiger partial charge in [-0.1, -0.05) is 32.0 Å². The molecule has 2 N–H and O–H groups in total. The van der Waals surface area contributed by atoms with Crippen molar-refractivity contribution in [2.45, 2.75) is 45.1 Å². The van der Waals surface area contributed by atoms with Crippen LogP contribution in [0, 0.1) is 5.92 Å². The predicted molar refractivity (Wildman–Crippen MR) is 76.8 cm³/mol. The Hall–Kier alpha value is -1.16. The zero-order valence-electron chi connectivity index (χ0n) is 10.8. The average Bonchev–Trinajstić information content (AvgIpc) is 2.39. The Balaban J connectivity index is 1.94. The maximum Gasteiger partial charge on any atom is 0.213 e. The van der Waals surface area contributed by atoms with Crippen LogP contribution in [0.2, 0.25) is 0 Å². The Kier molecular flexibility index (Phi) is 4.53. The van der Waals surface area contributed by atoms with Gasteiger partial charge in [-0.25, -0.2) is 4.98 Å². The van der Waals surface area contributed by atoms with Gasteiger partial charge in [-0.05, 0) is 31.2 Å². The summed E-state index contributed by atoms with van der Waals surface area (Å²) in [6.45, 7) is 2.25. The lowest BCUT2D eigenvalue weighted by molar-refractivity contribution is 0.117. The Morgan fingerprint density at radius 1 is 1.50 bits per heavy atom. The van der Waals surface area contributed by atoms with Crippen molar-refractivity contribution in [2.24, 2.45) is 11.7 Å². The van der Waals surface area contributed by atoms with Gasteiger partial charge >= 0.3 is 0 Å². The summed E-state index contributed by atoms with van der Waals surface area (Å²) in [7, 11) is 0. The molecule has 0 amide bonds. The molecule has 1 aliphatic rings. The molecule has 2 atom stereocenters. The van der Waals surface area contributed by atoms with E-state index in [-0.39, 0.29) is 0 Å². The van der Waals surface area contributed by atoms with Crippen molar-refractivity contribution in [2.75, 3.05) is 0 Å². The maximum atomic E-state index is 5.93. The van der Waals surface area contributed by atoms with Crippen LogP contribution in [0.4, 0.5) is 0 Å². The SMILES string of the molecule is CCC1CCCC(Oc2ccc(C(N)=S)cn2)C1. The second-order valence-electron chi connectivity index (χ2n) is 4.93. The maximum absolute atomic E-state index is 5.93. The summed E-state index contributed by atoms with van der Waals surface area (Å²) in [5.41, 5.74) is 6.32. The van der Waals surface area contributed by atoms with Crippen molar-refractivity contribution in [3.8, 4) is 5.88 Å². The first-order chi connectivity index (χ1) is 8.69. The molecule has 18 heavy (non-hydrogen) atoms. The molecule has 98 valence electrons. The van der Waals surface area contributed by atoms with E-state index in [0.717, 1.165) is 24.3 Å². The Morgan fingerprint density at radius 3 is 2.94 bits per heavy atom. The molecule has 1 aromatic heterocycles. The summed E-state index contributed by atoms with van der Waals surface area (Å²) in [6.07, 6.45) is 8.11. The second kappa shape index (κ2) is 6.14. The largest absolute Gasteiger partial charge is 0.474 e.